The van der Waals surface area contributed by atoms with Crippen molar-refractivity contribution in [1.29, 1.82) is 0 Å². The maximum absolute atomic E-state index is 13.3. The molecular weight excluding hydrogens is 394 g/mol. The summed E-state index contributed by atoms with van der Waals surface area (Å²) in [4.78, 5) is 29.9. The van der Waals surface area contributed by atoms with Crippen molar-refractivity contribution in [2.24, 2.45) is 4.99 Å². The maximum Gasteiger partial charge on any atom is 0.282 e. The Hall–Kier alpha value is -4.26. The van der Waals surface area contributed by atoms with Crippen LogP contribution in [0.1, 0.15) is 16.7 Å². The number of aryl methyl sites for hydroxylation is 1. The van der Waals surface area contributed by atoms with E-state index in [2.05, 4.69) is 4.99 Å². The summed E-state index contributed by atoms with van der Waals surface area (Å²) in [5.41, 5.74) is 3.42. The first-order valence-corrected chi connectivity index (χ1v) is 9.56. The van der Waals surface area contributed by atoms with Crippen molar-refractivity contribution in [2.75, 3.05) is 12.0 Å². The van der Waals surface area contributed by atoms with Gasteiger partial charge in [-0.2, -0.15) is 0 Å². The number of hydrogen-bond donors (Lipinski definition) is 0. The minimum absolute atomic E-state index is 0.0105. The summed E-state index contributed by atoms with van der Waals surface area (Å²) >= 11 is 0. The number of aliphatic imine (C=N–C) groups is 1. The summed E-state index contributed by atoms with van der Waals surface area (Å²) in [7, 11) is 1.58. The molecule has 0 N–H and O–H groups in total. The molecule has 1 heterocycles. The van der Waals surface area contributed by atoms with Crippen molar-refractivity contribution in [1.82, 2.24) is 0 Å². The van der Waals surface area contributed by atoms with Gasteiger partial charge in [0.2, 0.25) is 0 Å². The average Bonchev–Trinajstić information content (AvgIpc) is 3.10. The molecule has 0 saturated carbocycles. The molecule has 3 aromatic carbocycles. The molecule has 4 rings (SSSR count). The summed E-state index contributed by atoms with van der Waals surface area (Å²) in [5, 5.41) is 10.9. The molecule has 0 atom stereocenters. The van der Waals surface area contributed by atoms with Crippen LogP contribution in [-0.4, -0.2) is 23.8 Å². The Bertz CT molecular complexity index is 1210. The molecule has 0 aliphatic carbocycles. The van der Waals surface area contributed by atoms with Crippen LogP contribution in [0.25, 0.3) is 6.08 Å². The number of carbonyl (C=O) groups excluding carboxylic acids is 1. The van der Waals surface area contributed by atoms with Gasteiger partial charge in [0.05, 0.1) is 17.7 Å². The van der Waals surface area contributed by atoms with E-state index in [-0.39, 0.29) is 17.3 Å². The number of benzene rings is 3. The summed E-state index contributed by atoms with van der Waals surface area (Å²) in [6, 6.07) is 20.9. The Morgan fingerprint density at radius 2 is 1.74 bits per heavy atom. The number of nitro benzene ring substituents is 1. The predicted molar refractivity (Wildman–Crippen MR) is 119 cm³/mol. The van der Waals surface area contributed by atoms with Gasteiger partial charge in [-0.3, -0.25) is 19.8 Å². The number of carbonyl (C=O) groups is 1. The van der Waals surface area contributed by atoms with Gasteiger partial charge in [0.15, 0.2) is 0 Å². The largest absolute Gasteiger partial charge is 0.497 e. The van der Waals surface area contributed by atoms with Gasteiger partial charge in [-0.25, -0.2) is 4.99 Å². The topological polar surface area (TPSA) is 85.0 Å². The fraction of sp³-hybridized carbons (Fsp3) is 0.0833. The average molecular weight is 413 g/mol. The molecule has 0 aromatic heterocycles. The van der Waals surface area contributed by atoms with E-state index in [4.69, 9.17) is 4.74 Å². The second-order valence-electron chi connectivity index (χ2n) is 7.02. The number of methoxy groups -OCH3 is 1. The first-order valence-electron chi connectivity index (χ1n) is 9.56. The van der Waals surface area contributed by atoms with Crippen molar-refractivity contribution in [3.63, 3.8) is 0 Å². The van der Waals surface area contributed by atoms with Crippen LogP contribution >= 0.6 is 0 Å². The van der Waals surface area contributed by atoms with Crippen molar-refractivity contribution in [3.8, 4) is 5.75 Å². The molecule has 0 radical (unpaired) electrons. The van der Waals surface area contributed by atoms with E-state index in [9.17, 15) is 14.9 Å². The maximum atomic E-state index is 13.3. The second kappa shape index (κ2) is 8.23. The summed E-state index contributed by atoms with van der Waals surface area (Å²) < 4.78 is 5.22. The number of amides is 1. The van der Waals surface area contributed by atoms with E-state index in [1.165, 1.54) is 12.1 Å². The van der Waals surface area contributed by atoms with Gasteiger partial charge in [0, 0.05) is 17.7 Å². The Balaban J connectivity index is 1.78. The van der Waals surface area contributed by atoms with Crippen LogP contribution < -0.4 is 9.64 Å². The van der Waals surface area contributed by atoms with Gasteiger partial charge in [-0.15, -0.1) is 0 Å². The molecule has 7 nitrogen and oxygen atoms in total. The minimum Gasteiger partial charge on any atom is -0.497 e. The lowest BCUT2D eigenvalue weighted by atomic mass is 10.1. The number of anilines is 1. The first kappa shape index (κ1) is 20.0. The van der Waals surface area contributed by atoms with Crippen molar-refractivity contribution >= 4 is 29.2 Å². The lowest BCUT2D eigenvalue weighted by molar-refractivity contribution is -0.384. The predicted octanol–water partition coefficient (Wildman–Crippen LogP) is 4.75. The molecule has 0 spiro atoms. The van der Waals surface area contributed by atoms with Crippen molar-refractivity contribution in [3.05, 3.63) is 105 Å². The smallest absolute Gasteiger partial charge is 0.282 e. The summed E-state index contributed by atoms with van der Waals surface area (Å²) in [6.07, 6.45) is 1.63. The van der Waals surface area contributed by atoms with Gasteiger partial charge >= 0.3 is 0 Å². The van der Waals surface area contributed by atoms with Crippen LogP contribution in [0.2, 0.25) is 0 Å². The van der Waals surface area contributed by atoms with Crippen LogP contribution in [-0.2, 0) is 4.79 Å². The number of nitro groups is 1. The SMILES string of the molecule is COc1ccc(N2C(=O)/C(=C/c3ccc([N+](=O)[O-])cc3)N=C2c2cccc(C)c2)cc1. The van der Waals surface area contributed by atoms with E-state index < -0.39 is 4.92 Å². The highest BCUT2D eigenvalue weighted by Gasteiger charge is 2.32. The van der Waals surface area contributed by atoms with Gasteiger partial charge in [-0.1, -0.05) is 23.8 Å². The zero-order valence-electron chi connectivity index (χ0n) is 17.0. The molecule has 7 heteroatoms. The lowest BCUT2D eigenvalue weighted by Gasteiger charge is -2.19. The first-order chi connectivity index (χ1) is 15.0. The van der Waals surface area contributed by atoms with Gasteiger partial charge in [0.25, 0.3) is 11.6 Å². The number of hydrogen-bond acceptors (Lipinski definition) is 5. The van der Waals surface area contributed by atoms with Crippen LogP contribution in [0, 0.1) is 17.0 Å². The summed E-state index contributed by atoms with van der Waals surface area (Å²) in [5.74, 6) is 0.929. The third kappa shape index (κ3) is 4.06. The molecule has 1 aliphatic heterocycles. The lowest BCUT2D eigenvalue weighted by Crippen LogP contribution is -2.32. The Kier molecular flexibility index (Phi) is 5.32. The Morgan fingerprint density at radius 1 is 1.03 bits per heavy atom. The molecule has 0 bridgehead atoms. The quantitative estimate of drug-likeness (QED) is 0.343. The van der Waals surface area contributed by atoms with Gasteiger partial charge < -0.3 is 4.74 Å². The zero-order valence-corrected chi connectivity index (χ0v) is 17.0. The van der Waals surface area contributed by atoms with Crippen LogP contribution in [0.4, 0.5) is 11.4 Å². The van der Waals surface area contributed by atoms with Gasteiger partial charge in [0.1, 0.15) is 17.3 Å². The zero-order chi connectivity index (χ0) is 22.0. The minimum atomic E-state index is -0.461. The third-order valence-electron chi connectivity index (χ3n) is 4.87. The van der Waals surface area contributed by atoms with E-state index in [0.717, 1.165) is 11.1 Å². The number of rotatable bonds is 5. The van der Waals surface area contributed by atoms with E-state index in [1.807, 2.05) is 31.2 Å². The molecule has 31 heavy (non-hydrogen) atoms. The highest BCUT2D eigenvalue weighted by molar-refractivity contribution is 6.33. The van der Waals surface area contributed by atoms with Crippen molar-refractivity contribution in [2.45, 2.75) is 6.92 Å². The molecule has 0 fully saturated rings. The molecule has 0 saturated heterocycles. The van der Waals surface area contributed by atoms with E-state index in [1.54, 1.807) is 54.5 Å². The monoisotopic (exact) mass is 413 g/mol. The van der Waals surface area contributed by atoms with Crippen LogP contribution in [0.15, 0.2) is 83.5 Å². The highest BCUT2D eigenvalue weighted by Crippen LogP contribution is 2.29. The Morgan fingerprint density at radius 3 is 2.35 bits per heavy atom. The molecule has 3 aromatic rings. The molecule has 1 amide bonds. The van der Waals surface area contributed by atoms with Crippen LogP contribution in [0.5, 0.6) is 5.75 Å². The normalized spacial score (nSPS) is 14.6. The standard InChI is InChI=1S/C24H19N3O4/c1-16-4-3-5-18(14-16)23-25-22(15-17-6-8-20(9-7-17)27(29)30)24(28)26(23)19-10-12-21(31-2)13-11-19/h3-15H,1-2H3/b22-15-. The fourth-order valence-electron chi connectivity index (χ4n) is 3.32. The molecule has 0 unspecified atom stereocenters. The highest BCUT2D eigenvalue weighted by atomic mass is 16.6. The number of ether oxygens (including phenoxy) is 1. The summed E-state index contributed by atoms with van der Waals surface area (Å²) in [6.45, 7) is 1.98. The molecule has 154 valence electrons. The molecule has 1 aliphatic rings. The number of non-ortho nitro benzene ring substituents is 1. The van der Waals surface area contributed by atoms with Crippen molar-refractivity contribution < 1.29 is 14.5 Å². The fourth-order valence-corrected chi connectivity index (χ4v) is 3.32. The van der Waals surface area contributed by atoms with Gasteiger partial charge in [-0.05, 0) is 61.0 Å². The number of nitrogens with zero attached hydrogens (tertiary/aromatic N) is 3. The third-order valence-corrected chi connectivity index (χ3v) is 4.87. The second-order valence-corrected chi connectivity index (χ2v) is 7.02. The Labute approximate surface area is 179 Å². The van der Waals surface area contributed by atoms with E-state index in [0.29, 0.717) is 22.8 Å². The van der Waals surface area contributed by atoms with E-state index >= 15 is 0 Å². The molecular formula is C24H19N3O4. The van der Waals surface area contributed by atoms with Crippen LogP contribution in [0.3, 0.4) is 0 Å². The number of amidine groups is 1.